The Morgan fingerprint density at radius 1 is 0.500 bits per heavy atom. The molecule has 0 radical (unpaired) electrons. The van der Waals surface area contributed by atoms with Crippen LogP contribution in [0.25, 0.3) is 84.0 Å². The fourth-order valence-corrected chi connectivity index (χ4v) is 10.0. The summed E-state index contributed by atoms with van der Waals surface area (Å²) in [6, 6.07) is 46.1. The molecule has 3 heterocycles. The molecule has 4 aliphatic rings. The summed E-state index contributed by atoms with van der Waals surface area (Å²) in [5.41, 5.74) is 17.0. The van der Waals surface area contributed by atoms with Gasteiger partial charge in [-0.25, -0.2) is 9.97 Å². The SMILES string of the molecule is C1=CCCC(n2c3c(c4cc(-c5ccc6c(c5)c5ccccc5n6C5=C6C=CC=CC6C(c6cc(-c7ccccc7)nc(-c7ccccc7)n6)C=C5)ccc42)CCC=C3)=C1. The van der Waals surface area contributed by atoms with Crippen LogP contribution in [-0.4, -0.2) is 19.1 Å². The van der Waals surface area contributed by atoms with Gasteiger partial charge < -0.3 is 9.13 Å². The molecule has 0 aliphatic heterocycles. The summed E-state index contributed by atoms with van der Waals surface area (Å²) in [6.07, 6.45) is 29.5. The van der Waals surface area contributed by atoms with Crippen LogP contribution in [0.4, 0.5) is 0 Å². The molecule has 0 amide bonds. The maximum absolute atomic E-state index is 5.28. The van der Waals surface area contributed by atoms with Gasteiger partial charge in [0.1, 0.15) is 0 Å². The van der Waals surface area contributed by atoms with E-state index in [9.17, 15) is 0 Å². The number of hydrogen-bond acceptors (Lipinski definition) is 2. The van der Waals surface area contributed by atoms with Crippen LogP contribution in [0, 0.1) is 5.92 Å². The summed E-state index contributed by atoms with van der Waals surface area (Å²) in [5.74, 6) is 0.889. The molecule has 286 valence electrons. The summed E-state index contributed by atoms with van der Waals surface area (Å²) in [7, 11) is 0. The van der Waals surface area contributed by atoms with E-state index in [-0.39, 0.29) is 11.8 Å². The van der Waals surface area contributed by atoms with Crippen molar-refractivity contribution >= 4 is 50.2 Å². The molecule has 8 aromatic rings. The molecule has 3 aromatic heterocycles. The van der Waals surface area contributed by atoms with Crippen LogP contribution in [0.3, 0.4) is 0 Å². The van der Waals surface area contributed by atoms with Gasteiger partial charge >= 0.3 is 0 Å². The lowest BCUT2D eigenvalue weighted by molar-refractivity contribution is 0.651. The van der Waals surface area contributed by atoms with E-state index in [1.165, 1.54) is 72.1 Å². The predicted octanol–water partition coefficient (Wildman–Crippen LogP) is 14.0. The van der Waals surface area contributed by atoms with Crippen LogP contribution in [0.15, 0.2) is 194 Å². The van der Waals surface area contributed by atoms with Gasteiger partial charge in [-0.05, 0) is 103 Å². The topological polar surface area (TPSA) is 35.6 Å². The molecule has 0 saturated carbocycles. The van der Waals surface area contributed by atoms with Crippen LogP contribution in [0.2, 0.25) is 0 Å². The molecule has 60 heavy (non-hydrogen) atoms. The van der Waals surface area contributed by atoms with Gasteiger partial charge in [-0.3, -0.25) is 0 Å². The Hall–Kier alpha value is -7.30. The van der Waals surface area contributed by atoms with Crippen molar-refractivity contribution in [2.45, 2.75) is 31.6 Å². The van der Waals surface area contributed by atoms with Gasteiger partial charge in [0, 0.05) is 56.2 Å². The van der Waals surface area contributed by atoms with Gasteiger partial charge in [0.25, 0.3) is 0 Å². The average molecular weight is 771 g/mol. The van der Waals surface area contributed by atoms with Crippen molar-refractivity contribution in [3.8, 4) is 33.8 Å². The molecule has 2 atom stereocenters. The fourth-order valence-electron chi connectivity index (χ4n) is 10.0. The minimum atomic E-state index is 0.0365. The summed E-state index contributed by atoms with van der Waals surface area (Å²) in [6.45, 7) is 0. The standard InChI is InChI=1S/C56H42N4/c1-4-16-37(17-5-1)49-36-50(58-56(57-49)38-18-6-2-7-19-38)43-30-33-53(44-23-11-10-22-42(43)44)60-52-27-15-13-25-46(52)48-35-40(29-32-55(48)60)39-28-31-54-47(34-39)45-24-12-14-26-51(45)59(54)41-20-8-3-9-21-41/h1-8,10-11,13-20,22-23,25-36,42-43H,9,12,21,24H2. The van der Waals surface area contributed by atoms with E-state index >= 15 is 0 Å². The molecular weight excluding hydrogens is 729 g/mol. The van der Waals surface area contributed by atoms with Crippen molar-refractivity contribution in [3.05, 3.63) is 211 Å². The molecule has 0 N–H and O–H groups in total. The monoisotopic (exact) mass is 770 g/mol. The number of para-hydroxylation sites is 1. The van der Waals surface area contributed by atoms with Crippen molar-refractivity contribution in [1.29, 1.82) is 0 Å². The lowest BCUT2D eigenvalue weighted by Crippen LogP contribution is -2.20. The molecule has 2 unspecified atom stereocenters. The number of aryl methyl sites for hydroxylation is 1. The maximum atomic E-state index is 5.28. The van der Waals surface area contributed by atoms with E-state index in [0.717, 1.165) is 54.0 Å². The first-order valence-corrected chi connectivity index (χ1v) is 21.3. The zero-order valence-electron chi connectivity index (χ0n) is 33.2. The number of allylic oxidation sites excluding steroid dienone is 13. The Morgan fingerprint density at radius 2 is 1.23 bits per heavy atom. The van der Waals surface area contributed by atoms with Crippen LogP contribution < -0.4 is 0 Å². The summed E-state index contributed by atoms with van der Waals surface area (Å²) in [4.78, 5) is 10.4. The largest absolute Gasteiger partial charge is 0.313 e. The Morgan fingerprint density at radius 3 is 2.05 bits per heavy atom. The van der Waals surface area contributed by atoms with Gasteiger partial charge in [0.15, 0.2) is 5.82 Å². The van der Waals surface area contributed by atoms with Gasteiger partial charge in [-0.15, -0.1) is 0 Å². The Bertz CT molecular complexity index is 3190. The van der Waals surface area contributed by atoms with Crippen molar-refractivity contribution in [2.24, 2.45) is 5.92 Å². The molecule has 0 saturated heterocycles. The minimum Gasteiger partial charge on any atom is -0.313 e. The van der Waals surface area contributed by atoms with Crippen LogP contribution in [0.1, 0.15) is 42.1 Å². The number of rotatable bonds is 6. The second-order valence-electron chi connectivity index (χ2n) is 16.3. The Labute approximate surface area is 349 Å². The molecule has 4 nitrogen and oxygen atoms in total. The normalized spacial score (nSPS) is 18.1. The van der Waals surface area contributed by atoms with Crippen molar-refractivity contribution in [1.82, 2.24) is 19.1 Å². The highest BCUT2D eigenvalue weighted by Crippen LogP contribution is 2.45. The second kappa shape index (κ2) is 14.2. The number of benzene rings is 5. The highest BCUT2D eigenvalue weighted by atomic mass is 15.0. The predicted molar refractivity (Wildman–Crippen MR) is 250 cm³/mol. The molecular formula is C56H42N4. The third-order valence-electron chi connectivity index (χ3n) is 12.9. The minimum absolute atomic E-state index is 0.0365. The highest BCUT2D eigenvalue weighted by molar-refractivity contribution is 6.12. The quantitative estimate of drug-likeness (QED) is 0.169. The van der Waals surface area contributed by atoms with Crippen molar-refractivity contribution < 1.29 is 0 Å². The van der Waals surface area contributed by atoms with E-state index in [1.807, 2.05) is 6.07 Å². The van der Waals surface area contributed by atoms with E-state index < -0.39 is 0 Å². The zero-order chi connectivity index (χ0) is 39.6. The van der Waals surface area contributed by atoms with Crippen LogP contribution in [0.5, 0.6) is 0 Å². The smallest absolute Gasteiger partial charge is 0.160 e. The Balaban J connectivity index is 0.974. The van der Waals surface area contributed by atoms with Crippen LogP contribution in [-0.2, 0) is 6.42 Å². The summed E-state index contributed by atoms with van der Waals surface area (Å²) >= 11 is 0. The van der Waals surface area contributed by atoms with E-state index in [0.29, 0.717) is 0 Å². The van der Waals surface area contributed by atoms with Gasteiger partial charge in [-0.2, -0.15) is 0 Å². The molecule has 0 bridgehead atoms. The third kappa shape index (κ3) is 5.66. The third-order valence-corrected chi connectivity index (χ3v) is 12.9. The lowest BCUT2D eigenvalue weighted by Gasteiger charge is -2.31. The lowest BCUT2D eigenvalue weighted by atomic mass is 9.76. The number of nitrogens with zero attached hydrogens (tertiary/aromatic N) is 4. The molecule has 0 spiro atoms. The number of aromatic nitrogens is 4. The van der Waals surface area contributed by atoms with Gasteiger partial charge in [-0.1, -0.05) is 140 Å². The molecule has 12 rings (SSSR count). The van der Waals surface area contributed by atoms with E-state index in [1.54, 1.807) is 0 Å². The van der Waals surface area contributed by atoms with Crippen molar-refractivity contribution in [3.63, 3.8) is 0 Å². The zero-order valence-corrected chi connectivity index (χ0v) is 33.2. The Kier molecular flexibility index (Phi) is 8.22. The van der Waals surface area contributed by atoms with Crippen LogP contribution >= 0.6 is 0 Å². The number of fused-ring (bicyclic) bond motifs is 7. The van der Waals surface area contributed by atoms with Gasteiger partial charge in [0.2, 0.25) is 0 Å². The summed E-state index contributed by atoms with van der Waals surface area (Å²) < 4.78 is 5.00. The fraction of sp³-hybridized carbons (Fsp3) is 0.107. The molecule has 4 aliphatic carbocycles. The van der Waals surface area contributed by atoms with E-state index in [2.05, 4.69) is 197 Å². The second-order valence-corrected chi connectivity index (χ2v) is 16.3. The first-order valence-electron chi connectivity index (χ1n) is 21.3. The number of hydrogen-bond donors (Lipinski definition) is 0. The highest BCUT2D eigenvalue weighted by Gasteiger charge is 2.31. The van der Waals surface area contributed by atoms with E-state index in [4.69, 9.17) is 9.97 Å². The van der Waals surface area contributed by atoms with Crippen molar-refractivity contribution in [2.75, 3.05) is 0 Å². The van der Waals surface area contributed by atoms with Gasteiger partial charge in [0.05, 0.1) is 27.9 Å². The molecule has 4 heteroatoms. The average Bonchev–Trinajstić information content (AvgIpc) is 3.84. The first-order chi connectivity index (χ1) is 29.8. The maximum Gasteiger partial charge on any atom is 0.160 e. The first kappa shape index (κ1) is 34.7. The molecule has 0 fully saturated rings. The molecule has 5 aromatic carbocycles. The summed E-state index contributed by atoms with van der Waals surface area (Å²) in [5, 5.41) is 3.89.